The highest BCUT2D eigenvalue weighted by Gasteiger charge is 2.48. The largest absolute Gasteiger partial charge is 0.493 e. The van der Waals surface area contributed by atoms with E-state index >= 15 is 4.39 Å². The van der Waals surface area contributed by atoms with Gasteiger partial charge in [0.2, 0.25) is 11.8 Å². The van der Waals surface area contributed by atoms with Gasteiger partial charge < -0.3 is 19.7 Å². The lowest BCUT2D eigenvalue weighted by Gasteiger charge is -2.38. The number of hydrogen-bond acceptors (Lipinski definition) is 11. The van der Waals surface area contributed by atoms with E-state index in [1.165, 1.54) is 24.5 Å². The van der Waals surface area contributed by atoms with E-state index < -0.39 is 41.3 Å². The fourth-order valence-corrected chi connectivity index (χ4v) is 9.39. The van der Waals surface area contributed by atoms with Crippen molar-refractivity contribution in [2.75, 3.05) is 37.0 Å². The van der Waals surface area contributed by atoms with Gasteiger partial charge >= 0.3 is 0 Å². The molecule has 2 bridgehead atoms. The van der Waals surface area contributed by atoms with E-state index in [0.29, 0.717) is 40.7 Å². The summed E-state index contributed by atoms with van der Waals surface area (Å²) >= 11 is 12.0. The average Bonchev–Trinajstić information content (AvgIpc) is 3.86. The fourth-order valence-electron chi connectivity index (χ4n) is 9.08. The van der Waals surface area contributed by atoms with Crippen LogP contribution in [-0.2, 0) is 9.59 Å². The van der Waals surface area contributed by atoms with E-state index in [1.54, 1.807) is 19.2 Å². The first-order chi connectivity index (χ1) is 27.5. The summed E-state index contributed by atoms with van der Waals surface area (Å²) in [6.45, 7) is 2.27. The molecule has 9 rings (SSSR count). The Hall–Kier alpha value is -5.12. The monoisotopic (exact) mass is 819 g/mol. The molecule has 2 N–H and O–H groups in total. The predicted molar refractivity (Wildman–Crippen MR) is 206 cm³/mol. The summed E-state index contributed by atoms with van der Waals surface area (Å²) in [5.41, 5.74) is 0.987. The summed E-state index contributed by atoms with van der Waals surface area (Å²) in [5, 5.41) is 5.72. The summed E-state index contributed by atoms with van der Waals surface area (Å²) in [7, 11) is 1.57. The minimum absolute atomic E-state index is 0.0102. The van der Waals surface area contributed by atoms with Crippen LogP contribution < -0.4 is 25.0 Å². The number of methoxy groups -OCH3 is 1. The normalized spacial score (nSPS) is 24.7. The number of carbonyl (C=O) groups excluding carboxylic acids is 4. The van der Waals surface area contributed by atoms with Crippen LogP contribution in [0.4, 0.5) is 26.0 Å². The zero-order valence-corrected chi connectivity index (χ0v) is 32.2. The van der Waals surface area contributed by atoms with E-state index in [1.807, 2.05) is 4.90 Å². The zero-order valence-electron chi connectivity index (χ0n) is 30.7. The van der Waals surface area contributed by atoms with E-state index in [2.05, 4.69) is 25.5 Å². The molecule has 1 aliphatic carbocycles. The van der Waals surface area contributed by atoms with Gasteiger partial charge in [0.1, 0.15) is 24.0 Å². The van der Waals surface area contributed by atoms with Gasteiger partial charge in [-0.05, 0) is 74.8 Å². The molecule has 3 saturated heterocycles. The molecule has 5 heterocycles. The Morgan fingerprint density at radius 1 is 0.912 bits per heavy atom. The number of aromatic nitrogens is 2. The van der Waals surface area contributed by atoms with Crippen molar-refractivity contribution in [1.29, 1.82) is 0 Å². The fraction of sp³-hybridized carbons (Fsp3) is 0.400. The number of piperazine rings is 1. The van der Waals surface area contributed by atoms with Gasteiger partial charge in [-0.3, -0.25) is 34.3 Å². The maximum atomic E-state index is 15.6. The highest BCUT2D eigenvalue weighted by Crippen LogP contribution is 2.42. The Bertz CT molecular complexity index is 2360. The van der Waals surface area contributed by atoms with Crippen molar-refractivity contribution in [2.45, 2.75) is 69.2 Å². The number of likely N-dealkylation sites (tertiary alicyclic amines) is 1. The molecule has 5 aliphatic rings. The average molecular weight is 821 g/mol. The van der Waals surface area contributed by atoms with Crippen molar-refractivity contribution in [3.8, 4) is 11.5 Å². The number of carbonyl (C=O) groups is 4. The van der Waals surface area contributed by atoms with Crippen molar-refractivity contribution in [2.24, 2.45) is 5.92 Å². The number of hydrogen-bond donors (Lipinski definition) is 2. The predicted octanol–water partition coefficient (Wildman–Crippen LogP) is 6.27. The number of nitrogens with one attached hydrogen (secondary N) is 2. The number of halogens is 4. The van der Waals surface area contributed by atoms with Gasteiger partial charge in [-0.1, -0.05) is 23.2 Å². The molecule has 296 valence electrons. The Balaban J connectivity index is 0.821. The number of ether oxygens (including phenoxy) is 2. The van der Waals surface area contributed by atoms with Crippen LogP contribution in [-0.4, -0.2) is 94.4 Å². The molecule has 3 aromatic carbocycles. The lowest BCUT2D eigenvalue weighted by atomic mass is 9.86. The van der Waals surface area contributed by atoms with Crippen LogP contribution in [0.15, 0.2) is 42.7 Å². The van der Waals surface area contributed by atoms with Crippen LogP contribution >= 0.6 is 23.2 Å². The molecule has 0 spiro atoms. The maximum absolute atomic E-state index is 15.6. The summed E-state index contributed by atoms with van der Waals surface area (Å²) in [6.07, 6.45) is 5.85. The Labute approximate surface area is 335 Å². The van der Waals surface area contributed by atoms with Crippen LogP contribution in [0, 0.1) is 17.6 Å². The van der Waals surface area contributed by atoms with Gasteiger partial charge in [0.05, 0.1) is 51.3 Å². The second kappa shape index (κ2) is 14.7. The molecular weight excluding hydrogens is 783 g/mol. The lowest BCUT2D eigenvalue weighted by Crippen LogP contribution is -2.54. The Kier molecular flexibility index (Phi) is 9.64. The molecule has 1 saturated carbocycles. The molecule has 4 fully saturated rings. The van der Waals surface area contributed by atoms with Gasteiger partial charge in [-0.25, -0.2) is 18.7 Å². The second-order valence-electron chi connectivity index (χ2n) is 15.3. The van der Waals surface area contributed by atoms with Crippen molar-refractivity contribution < 1.29 is 37.4 Å². The zero-order chi connectivity index (χ0) is 39.7. The van der Waals surface area contributed by atoms with Crippen LogP contribution in [0.2, 0.25) is 10.0 Å². The first-order valence-electron chi connectivity index (χ1n) is 18.9. The van der Waals surface area contributed by atoms with E-state index in [0.717, 1.165) is 56.2 Å². The molecular formula is C40H37Cl2F2N7O6. The third-order valence-corrected chi connectivity index (χ3v) is 12.7. The Morgan fingerprint density at radius 3 is 2.40 bits per heavy atom. The second-order valence-corrected chi connectivity index (χ2v) is 16.1. The molecule has 13 nitrogen and oxygen atoms in total. The summed E-state index contributed by atoms with van der Waals surface area (Å²) < 4.78 is 42.7. The van der Waals surface area contributed by atoms with Gasteiger partial charge in [0.15, 0.2) is 17.3 Å². The topological polar surface area (TPSA) is 146 Å². The molecule has 4 aromatic rings. The van der Waals surface area contributed by atoms with E-state index in [-0.39, 0.29) is 63.6 Å². The summed E-state index contributed by atoms with van der Waals surface area (Å²) in [4.78, 5) is 64.8. The third-order valence-electron chi connectivity index (χ3n) is 12.0. The number of imide groups is 2. The smallest absolute Gasteiger partial charge is 0.262 e. The molecule has 0 radical (unpaired) electrons. The minimum Gasteiger partial charge on any atom is -0.493 e. The highest BCUT2D eigenvalue weighted by molar-refractivity contribution is 6.42. The molecule has 3 atom stereocenters. The van der Waals surface area contributed by atoms with Crippen molar-refractivity contribution in [3.63, 3.8) is 0 Å². The number of piperidine rings is 1. The SMILES string of the molecule is COc1cc2ncnc(Nc3ccc(Cl)c(Cl)c3F)c2cc1OC1CCC(CN2CC3CC2CN3c2cc3c(cc2F)C(=O)N(C2CCC(=O)NC2=O)C3=O)CC1. The quantitative estimate of drug-likeness (QED) is 0.146. The number of anilines is 3. The number of fused-ring (bicyclic) bond motifs is 4. The van der Waals surface area contributed by atoms with Gasteiger partial charge in [-0.2, -0.15) is 0 Å². The van der Waals surface area contributed by atoms with E-state index in [9.17, 15) is 23.6 Å². The van der Waals surface area contributed by atoms with Crippen molar-refractivity contribution in [3.05, 3.63) is 75.5 Å². The number of amides is 4. The molecule has 1 aromatic heterocycles. The van der Waals surface area contributed by atoms with Crippen LogP contribution in [0.5, 0.6) is 11.5 Å². The lowest BCUT2D eigenvalue weighted by molar-refractivity contribution is -0.136. The van der Waals surface area contributed by atoms with Crippen LogP contribution in [0.3, 0.4) is 0 Å². The first-order valence-corrected chi connectivity index (χ1v) is 19.7. The number of rotatable bonds is 9. The van der Waals surface area contributed by atoms with Gasteiger partial charge in [0, 0.05) is 49.6 Å². The maximum Gasteiger partial charge on any atom is 0.262 e. The Morgan fingerprint density at radius 2 is 1.68 bits per heavy atom. The van der Waals surface area contributed by atoms with Gasteiger partial charge in [-0.15, -0.1) is 0 Å². The molecule has 57 heavy (non-hydrogen) atoms. The summed E-state index contributed by atoms with van der Waals surface area (Å²) in [5.74, 6) is -1.93. The van der Waals surface area contributed by atoms with Crippen molar-refractivity contribution in [1.82, 2.24) is 25.1 Å². The summed E-state index contributed by atoms with van der Waals surface area (Å²) in [6, 6.07) is 8.28. The van der Waals surface area contributed by atoms with Gasteiger partial charge in [0.25, 0.3) is 11.8 Å². The number of benzene rings is 3. The molecule has 4 aliphatic heterocycles. The minimum atomic E-state index is -1.11. The van der Waals surface area contributed by atoms with Crippen LogP contribution in [0.1, 0.15) is 65.7 Å². The number of nitrogens with zero attached hydrogens (tertiary/aromatic N) is 5. The standard InChI is InChI=1S/C40H37Cl2F2N7O6/c1-56-32-14-29-25(37(46-18-45-29)47-28-7-6-26(41)35(42)36(28)44)13-33(32)57-22-4-2-19(3-5-22)15-49-16-21-10-20(49)17-50(21)31-12-24-23(11-27(31)43)39(54)51(40(24)55)30-8-9-34(52)48-38(30)53/h6-7,11-14,18-22,30H,2-5,8-10,15-17H2,1H3,(H,45,46,47)(H,48,52,53). The molecule has 4 amide bonds. The molecule has 17 heteroatoms. The molecule has 3 unspecified atom stereocenters. The van der Waals surface area contributed by atoms with Crippen LogP contribution in [0.25, 0.3) is 10.9 Å². The third kappa shape index (κ3) is 6.68. The van der Waals surface area contributed by atoms with E-state index in [4.69, 9.17) is 32.7 Å². The first kappa shape index (κ1) is 37.5. The van der Waals surface area contributed by atoms with Crippen molar-refractivity contribution >= 4 is 74.9 Å². The highest BCUT2D eigenvalue weighted by atomic mass is 35.5.